The van der Waals surface area contributed by atoms with Crippen LogP contribution >= 0.6 is 0 Å². The number of rotatable bonds is 5. The van der Waals surface area contributed by atoms with Gasteiger partial charge in [0.25, 0.3) is 0 Å². The van der Waals surface area contributed by atoms with Crippen molar-refractivity contribution in [1.82, 2.24) is 4.90 Å². The molecule has 2 amide bonds. The smallest absolute Gasteiger partial charge is 0.228 e. The van der Waals surface area contributed by atoms with E-state index < -0.39 is 0 Å². The molecule has 1 spiro atoms. The van der Waals surface area contributed by atoms with Gasteiger partial charge in [0.1, 0.15) is 5.82 Å². The lowest BCUT2D eigenvalue weighted by Gasteiger charge is -2.17. The minimum atomic E-state index is -0.366. The molecule has 1 saturated carbocycles. The second kappa shape index (κ2) is 7.14. The first-order valence-electron chi connectivity index (χ1n) is 9.44. The van der Waals surface area contributed by atoms with Crippen molar-refractivity contribution in [3.63, 3.8) is 0 Å². The summed E-state index contributed by atoms with van der Waals surface area (Å²) in [5.74, 6) is -0.367. The number of nitrogens with one attached hydrogen (secondary N) is 1. The van der Waals surface area contributed by atoms with E-state index in [-0.39, 0.29) is 29.0 Å². The highest BCUT2D eigenvalue weighted by atomic mass is 19.1. The molecule has 1 aliphatic heterocycles. The standard InChI is InChI=1S/C22H23FN2O2/c23-17-7-4-8-18(13-17)24-21(27)19-14-22(19)11-12-25(15-22)20(26)10-9-16-5-2-1-3-6-16/h1-8,13,19H,9-12,14-15H2,(H,24,27). The molecular formula is C22H23FN2O2. The van der Waals surface area contributed by atoms with E-state index in [1.165, 1.54) is 17.7 Å². The van der Waals surface area contributed by atoms with Crippen LogP contribution in [0.4, 0.5) is 10.1 Å². The third kappa shape index (κ3) is 3.87. The van der Waals surface area contributed by atoms with E-state index in [1.54, 1.807) is 12.1 Å². The van der Waals surface area contributed by atoms with Gasteiger partial charge in [-0.2, -0.15) is 0 Å². The molecule has 0 radical (unpaired) electrons. The largest absolute Gasteiger partial charge is 0.342 e. The molecule has 0 aromatic heterocycles. The van der Waals surface area contributed by atoms with Crippen LogP contribution in [0.2, 0.25) is 0 Å². The van der Waals surface area contributed by atoms with Crippen molar-refractivity contribution in [2.75, 3.05) is 18.4 Å². The maximum absolute atomic E-state index is 13.3. The van der Waals surface area contributed by atoms with Crippen molar-refractivity contribution in [1.29, 1.82) is 0 Å². The number of amides is 2. The highest BCUT2D eigenvalue weighted by Gasteiger charge is 2.61. The molecule has 1 heterocycles. The zero-order valence-corrected chi connectivity index (χ0v) is 15.2. The summed E-state index contributed by atoms with van der Waals surface area (Å²) in [6.07, 6.45) is 2.91. The third-order valence-corrected chi connectivity index (χ3v) is 5.81. The predicted octanol–water partition coefficient (Wildman–Crippen LogP) is 3.64. The van der Waals surface area contributed by atoms with Gasteiger partial charge in [-0.1, -0.05) is 36.4 Å². The molecular weight excluding hydrogens is 343 g/mol. The maximum atomic E-state index is 13.3. The van der Waals surface area contributed by atoms with Gasteiger partial charge in [0.05, 0.1) is 0 Å². The number of halogens is 1. The molecule has 1 saturated heterocycles. The molecule has 4 nitrogen and oxygen atoms in total. The van der Waals surface area contributed by atoms with Crippen LogP contribution in [0.25, 0.3) is 0 Å². The van der Waals surface area contributed by atoms with Crippen LogP contribution in [-0.2, 0) is 16.0 Å². The molecule has 2 fully saturated rings. The summed E-state index contributed by atoms with van der Waals surface area (Å²) in [4.78, 5) is 26.9. The fourth-order valence-corrected chi connectivity index (χ4v) is 4.13. The van der Waals surface area contributed by atoms with E-state index >= 15 is 0 Å². The number of benzene rings is 2. The molecule has 4 rings (SSSR count). The van der Waals surface area contributed by atoms with E-state index in [2.05, 4.69) is 5.32 Å². The molecule has 2 aromatic carbocycles. The van der Waals surface area contributed by atoms with Crippen LogP contribution in [0.3, 0.4) is 0 Å². The minimum absolute atomic E-state index is 0.0702. The third-order valence-electron chi connectivity index (χ3n) is 5.81. The Morgan fingerprint density at radius 2 is 1.96 bits per heavy atom. The SMILES string of the molecule is O=C(Nc1cccc(F)c1)C1CC12CCN(C(=O)CCc1ccccc1)C2. The van der Waals surface area contributed by atoms with Crippen molar-refractivity contribution in [3.05, 3.63) is 66.0 Å². The topological polar surface area (TPSA) is 49.4 Å². The summed E-state index contributed by atoms with van der Waals surface area (Å²) in [5.41, 5.74) is 1.56. The molecule has 27 heavy (non-hydrogen) atoms. The monoisotopic (exact) mass is 366 g/mol. The van der Waals surface area contributed by atoms with E-state index in [1.807, 2.05) is 35.2 Å². The fraction of sp³-hybridized carbons (Fsp3) is 0.364. The Labute approximate surface area is 158 Å². The summed E-state index contributed by atoms with van der Waals surface area (Å²) in [7, 11) is 0. The zero-order valence-electron chi connectivity index (χ0n) is 15.2. The van der Waals surface area contributed by atoms with Crippen molar-refractivity contribution in [2.24, 2.45) is 11.3 Å². The highest BCUT2D eigenvalue weighted by Crippen LogP contribution is 2.58. The number of carbonyl (C=O) groups excluding carboxylic acids is 2. The highest BCUT2D eigenvalue weighted by molar-refractivity contribution is 5.95. The molecule has 2 atom stereocenters. The van der Waals surface area contributed by atoms with Gasteiger partial charge in [-0.3, -0.25) is 9.59 Å². The lowest BCUT2D eigenvalue weighted by atomic mass is 10.0. The molecule has 2 aliphatic rings. The Hall–Kier alpha value is -2.69. The van der Waals surface area contributed by atoms with Crippen LogP contribution in [0.1, 0.15) is 24.8 Å². The Kier molecular flexibility index (Phi) is 4.68. The number of likely N-dealkylation sites (tertiary alicyclic amines) is 1. The van der Waals surface area contributed by atoms with Gasteiger partial charge in [0.15, 0.2) is 0 Å². The zero-order chi connectivity index (χ0) is 18.9. The van der Waals surface area contributed by atoms with E-state index in [0.29, 0.717) is 18.7 Å². The number of carbonyl (C=O) groups is 2. The van der Waals surface area contributed by atoms with Gasteiger partial charge in [-0.05, 0) is 43.0 Å². The predicted molar refractivity (Wildman–Crippen MR) is 102 cm³/mol. The Bertz CT molecular complexity index is 854. The lowest BCUT2D eigenvalue weighted by Crippen LogP contribution is -2.30. The number of anilines is 1. The van der Waals surface area contributed by atoms with Crippen molar-refractivity contribution in [3.8, 4) is 0 Å². The summed E-state index contributed by atoms with van der Waals surface area (Å²) in [6, 6.07) is 15.9. The van der Waals surface area contributed by atoms with E-state index in [4.69, 9.17) is 0 Å². The van der Waals surface area contributed by atoms with E-state index in [0.717, 1.165) is 25.8 Å². The summed E-state index contributed by atoms with van der Waals surface area (Å²) < 4.78 is 13.3. The number of aryl methyl sites for hydroxylation is 1. The molecule has 2 aromatic rings. The summed E-state index contributed by atoms with van der Waals surface area (Å²) >= 11 is 0. The maximum Gasteiger partial charge on any atom is 0.228 e. The molecule has 1 aliphatic carbocycles. The quantitative estimate of drug-likeness (QED) is 0.878. The molecule has 5 heteroatoms. The van der Waals surface area contributed by atoms with Gasteiger partial charge in [0, 0.05) is 36.5 Å². The first kappa shape index (κ1) is 17.7. The first-order chi connectivity index (χ1) is 13.1. The van der Waals surface area contributed by atoms with Crippen molar-refractivity contribution < 1.29 is 14.0 Å². The van der Waals surface area contributed by atoms with Crippen LogP contribution in [0, 0.1) is 17.2 Å². The molecule has 140 valence electrons. The van der Waals surface area contributed by atoms with Gasteiger partial charge in [-0.25, -0.2) is 4.39 Å². The second-order valence-electron chi connectivity index (χ2n) is 7.67. The average Bonchev–Trinajstić information content (AvgIpc) is 3.21. The van der Waals surface area contributed by atoms with Crippen LogP contribution < -0.4 is 5.32 Å². The molecule has 0 bridgehead atoms. The second-order valence-corrected chi connectivity index (χ2v) is 7.67. The van der Waals surface area contributed by atoms with Crippen molar-refractivity contribution in [2.45, 2.75) is 25.7 Å². The first-order valence-corrected chi connectivity index (χ1v) is 9.44. The van der Waals surface area contributed by atoms with E-state index in [9.17, 15) is 14.0 Å². The summed E-state index contributed by atoms with van der Waals surface area (Å²) in [6.45, 7) is 1.37. The van der Waals surface area contributed by atoms with Gasteiger partial charge in [0.2, 0.25) is 11.8 Å². The van der Waals surface area contributed by atoms with Gasteiger partial charge < -0.3 is 10.2 Å². The summed E-state index contributed by atoms with van der Waals surface area (Å²) in [5, 5.41) is 2.80. The lowest BCUT2D eigenvalue weighted by molar-refractivity contribution is -0.130. The minimum Gasteiger partial charge on any atom is -0.342 e. The number of hydrogen-bond acceptors (Lipinski definition) is 2. The van der Waals surface area contributed by atoms with Gasteiger partial charge >= 0.3 is 0 Å². The Balaban J connectivity index is 1.29. The number of nitrogens with zero attached hydrogens (tertiary/aromatic N) is 1. The Morgan fingerprint density at radius 1 is 1.15 bits per heavy atom. The van der Waals surface area contributed by atoms with Crippen LogP contribution in [0.5, 0.6) is 0 Å². The van der Waals surface area contributed by atoms with Crippen LogP contribution in [-0.4, -0.2) is 29.8 Å². The normalized spacial score (nSPS) is 23.4. The van der Waals surface area contributed by atoms with Gasteiger partial charge in [-0.15, -0.1) is 0 Å². The van der Waals surface area contributed by atoms with Crippen LogP contribution in [0.15, 0.2) is 54.6 Å². The fourth-order valence-electron chi connectivity index (χ4n) is 4.13. The molecule has 2 unspecified atom stereocenters. The van der Waals surface area contributed by atoms with Crippen molar-refractivity contribution >= 4 is 17.5 Å². The Morgan fingerprint density at radius 3 is 2.74 bits per heavy atom. The molecule has 1 N–H and O–H groups in total. The number of hydrogen-bond donors (Lipinski definition) is 1. The average molecular weight is 366 g/mol.